The third-order valence-electron chi connectivity index (χ3n) is 5.34. The Bertz CT molecular complexity index is 1070. The van der Waals surface area contributed by atoms with Gasteiger partial charge in [0.25, 0.3) is 5.56 Å². The highest BCUT2D eigenvalue weighted by atomic mass is 32.2. The van der Waals surface area contributed by atoms with Gasteiger partial charge in [-0.2, -0.15) is 4.98 Å². The van der Waals surface area contributed by atoms with Crippen LogP contribution in [0.3, 0.4) is 0 Å². The van der Waals surface area contributed by atoms with E-state index in [1.54, 1.807) is 4.57 Å². The van der Waals surface area contributed by atoms with Crippen LogP contribution in [0.5, 0.6) is 0 Å². The number of thioether (sulfide) groups is 1. The van der Waals surface area contributed by atoms with Crippen LogP contribution < -0.4 is 5.56 Å². The zero-order valence-electron chi connectivity index (χ0n) is 19.5. The van der Waals surface area contributed by atoms with Crippen molar-refractivity contribution >= 4 is 22.7 Å². The summed E-state index contributed by atoms with van der Waals surface area (Å²) in [4.78, 5) is 25.1. The van der Waals surface area contributed by atoms with Crippen LogP contribution in [-0.2, 0) is 6.54 Å². The second kappa shape index (κ2) is 9.96. The van der Waals surface area contributed by atoms with Gasteiger partial charge in [-0.05, 0) is 46.8 Å². The number of hydrogen-bond donors (Lipinski definition) is 0. The number of nitrogens with zero attached hydrogens (tertiary/aromatic N) is 5. The van der Waals surface area contributed by atoms with Gasteiger partial charge in [-0.15, -0.1) is 0 Å². The third kappa shape index (κ3) is 5.36. The highest BCUT2D eigenvalue weighted by Crippen LogP contribution is 2.33. The summed E-state index contributed by atoms with van der Waals surface area (Å²) in [7, 11) is 0. The van der Waals surface area contributed by atoms with Crippen molar-refractivity contribution in [2.24, 2.45) is 0 Å². The lowest BCUT2D eigenvalue weighted by Gasteiger charge is -2.31. The molecule has 0 unspecified atom stereocenters. The van der Waals surface area contributed by atoms with Crippen LogP contribution in [0.2, 0.25) is 0 Å². The molecule has 8 heteroatoms. The van der Waals surface area contributed by atoms with E-state index in [1.165, 1.54) is 11.8 Å². The Hall–Kier alpha value is -2.19. The molecule has 31 heavy (non-hydrogen) atoms. The first-order valence-corrected chi connectivity index (χ1v) is 11.8. The fourth-order valence-electron chi connectivity index (χ4n) is 3.62. The Kier molecular flexibility index (Phi) is 7.54. The largest absolute Gasteiger partial charge is 0.338 e. The van der Waals surface area contributed by atoms with Crippen molar-refractivity contribution in [1.29, 1.82) is 0 Å². The van der Waals surface area contributed by atoms with Crippen molar-refractivity contribution in [2.75, 3.05) is 6.54 Å². The van der Waals surface area contributed by atoms with Crippen LogP contribution in [0.1, 0.15) is 71.3 Å². The van der Waals surface area contributed by atoms with Gasteiger partial charge in [0.05, 0.1) is 16.2 Å². The van der Waals surface area contributed by atoms with E-state index in [0.29, 0.717) is 46.4 Å². The second-order valence-electron chi connectivity index (χ2n) is 8.70. The van der Waals surface area contributed by atoms with E-state index in [4.69, 9.17) is 9.51 Å². The van der Waals surface area contributed by atoms with E-state index in [-0.39, 0.29) is 16.7 Å². The molecule has 2 heterocycles. The lowest BCUT2D eigenvalue weighted by molar-refractivity contribution is 0.166. The summed E-state index contributed by atoms with van der Waals surface area (Å²) in [5.41, 5.74) is 0.692. The molecule has 3 rings (SSSR count). The first-order chi connectivity index (χ1) is 14.7. The van der Waals surface area contributed by atoms with E-state index in [0.717, 1.165) is 6.54 Å². The van der Waals surface area contributed by atoms with Gasteiger partial charge >= 0.3 is 0 Å². The molecule has 168 valence electrons. The van der Waals surface area contributed by atoms with E-state index < -0.39 is 0 Å². The van der Waals surface area contributed by atoms with Crippen LogP contribution in [0.15, 0.2) is 38.7 Å². The van der Waals surface area contributed by atoms with Crippen LogP contribution in [0.4, 0.5) is 0 Å². The van der Waals surface area contributed by atoms with Crippen molar-refractivity contribution in [3.05, 3.63) is 46.3 Å². The van der Waals surface area contributed by atoms with Gasteiger partial charge in [0.15, 0.2) is 11.0 Å². The fourth-order valence-corrected chi connectivity index (χ4v) is 4.58. The number of benzene rings is 1. The van der Waals surface area contributed by atoms with Gasteiger partial charge < -0.3 is 4.52 Å². The minimum atomic E-state index is -0.120. The molecule has 1 aromatic carbocycles. The van der Waals surface area contributed by atoms with Crippen LogP contribution in [-0.4, -0.2) is 43.2 Å². The average Bonchev–Trinajstić information content (AvgIpc) is 3.20. The standard InChI is InChI=1S/C23H33N5O2S/c1-14(2)20-25-21(30-26-20)17(7)31-23-24-19-11-9-8-10-18(19)22(29)28(23)13-12-27(15(3)4)16(5)6/h8-11,14-17H,12-13H2,1-7H3/t17-/m0/s1. The maximum atomic E-state index is 13.4. The Morgan fingerprint density at radius 2 is 1.71 bits per heavy atom. The van der Waals surface area contributed by atoms with E-state index >= 15 is 0 Å². The molecule has 2 aromatic heterocycles. The Labute approximate surface area is 188 Å². The van der Waals surface area contributed by atoms with Crippen LogP contribution in [0, 0.1) is 0 Å². The predicted molar refractivity (Wildman–Crippen MR) is 126 cm³/mol. The number of fused-ring (bicyclic) bond motifs is 1. The summed E-state index contributed by atoms with van der Waals surface area (Å²) in [5, 5.41) is 5.26. The summed E-state index contributed by atoms with van der Waals surface area (Å²) < 4.78 is 7.27. The van der Waals surface area contributed by atoms with Crippen LogP contribution in [0.25, 0.3) is 10.9 Å². The highest BCUT2D eigenvalue weighted by molar-refractivity contribution is 7.99. The summed E-state index contributed by atoms with van der Waals surface area (Å²) in [5.74, 6) is 1.44. The first-order valence-electron chi connectivity index (χ1n) is 10.9. The number of aromatic nitrogens is 4. The monoisotopic (exact) mass is 443 g/mol. The molecule has 0 bridgehead atoms. The summed E-state index contributed by atoms with van der Waals surface area (Å²) >= 11 is 1.48. The van der Waals surface area contributed by atoms with E-state index in [1.807, 2.05) is 45.0 Å². The third-order valence-corrected chi connectivity index (χ3v) is 6.42. The van der Waals surface area contributed by atoms with Crippen molar-refractivity contribution < 1.29 is 4.52 Å². The summed E-state index contributed by atoms with van der Waals surface area (Å²) in [6.45, 7) is 16.1. The van der Waals surface area contributed by atoms with Gasteiger partial charge in [0.1, 0.15) is 0 Å². The Morgan fingerprint density at radius 3 is 2.32 bits per heavy atom. The molecule has 0 radical (unpaired) electrons. The van der Waals surface area contributed by atoms with E-state index in [9.17, 15) is 4.79 Å². The summed E-state index contributed by atoms with van der Waals surface area (Å²) in [6.07, 6.45) is 0. The number of hydrogen-bond acceptors (Lipinski definition) is 7. The van der Waals surface area contributed by atoms with Crippen molar-refractivity contribution in [2.45, 2.75) is 83.4 Å². The molecular weight excluding hydrogens is 410 g/mol. The number of rotatable bonds is 9. The molecule has 3 aromatic rings. The van der Waals surface area contributed by atoms with E-state index in [2.05, 4.69) is 42.7 Å². The lowest BCUT2D eigenvalue weighted by atomic mass is 10.2. The van der Waals surface area contributed by atoms with Gasteiger partial charge in [0, 0.05) is 31.1 Å². The molecule has 0 fully saturated rings. The Balaban J connectivity index is 1.96. The molecule has 0 aliphatic rings. The molecule has 0 spiro atoms. The average molecular weight is 444 g/mol. The summed E-state index contributed by atoms with van der Waals surface area (Å²) in [6, 6.07) is 8.30. The highest BCUT2D eigenvalue weighted by Gasteiger charge is 2.22. The molecule has 0 aliphatic carbocycles. The van der Waals surface area contributed by atoms with Crippen molar-refractivity contribution in [3.8, 4) is 0 Å². The van der Waals surface area contributed by atoms with Gasteiger partial charge in [-0.25, -0.2) is 4.98 Å². The normalized spacial score (nSPS) is 13.3. The zero-order chi connectivity index (χ0) is 22.7. The Morgan fingerprint density at radius 1 is 1.03 bits per heavy atom. The topological polar surface area (TPSA) is 77.0 Å². The van der Waals surface area contributed by atoms with Gasteiger partial charge in [-0.1, -0.05) is 42.9 Å². The SMILES string of the molecule is CC(C)c1noc([C@H](C)Sc2nc3ccccc3c(=O)n2CCN(C(C)C)C(C)C)n1. The molecule has 0 saturated carbocycles. The van der Waals surface area contributed by atoms with Gasteiger partial charge in [0.2, 0.25) is 5.89 Å². The quantitative estimate of drug-likeness (QED) is 0.345. The molecule has 0 amide bonds. The van der Waals surface area contributed by atoms with Crippen molar-refractivity contribution in [1.82, 2.24) is 24.6 Å². The molecule has 7 nitrogen and oxygen atoms in total. The fraction of sp³-hybridized carbons (Fsp3) is 0.565. The van der Waals surface area contributed by atoms with Gasteiger partial charge in [-0.3, -0.25) is 14.3 Å². The molecule has 1 atom stereocenters. The smallest absolute Gasteiger partial charge is 0.262 e. The number of para-hydroxylation sites is 1. The first kappa shape index (κ1) is 23.5. The minimum Gasteiger partial charge on any atom is -0.338 e. The molecule has 0 N–H and O–H groups in total. The molecule has 0 saturated heterocycles. The van der Waals surface area contributed by atoms with Crippen molar-refractivity contribution in [3.63, 3.8) is 0 Å². The lowest BCUT2D eigenvalue weighted by Crippen LogP contribution is -2.40. The van der Waals surface area contributed by atoms with Crippen LogP contribution >= 0.6 is 11.8 Å². The predicted octanol–water partition coefficient (Wildman–Crippen LogP) is 4.88. The minimum absolute atomic E-state index is 0.0128. The maximum absolute atomic E-state index is 13.4. The molecular formula is C23H33N5O2S. The second-order valence-corrected chi connectivity index (χ2v) is 10.0. The molecule has 0 aliphatic heterocycles. The zero-order valence-corrected chi connectivity index (χ0v) is 20.3. The maximum Gasteiger partial charge on any atom is 0.262 e.